The van der Waals surface area contributed by atoms with E-state index in [0.29, 0.717) is 0 Å². The average molecular weight is 234 g/mol. The summed E-state index contributed by atoms with van der Waals surface area (Å²) in [5.41, 5.74) is 0. The highest BCUT2D eigenvalue weighted by molar-refractivity contribution is 7.72. The third-order valence-electron chi connectivity index (χ3n) is 2.29. The van der Waals surface area contributed by atoms with Crippen LogP contribution in [-0.4, -0.2) is 6.66 Å². The molecule has 0 spiro atoms. The Bertz CT molecular complexity index is 344. The van der Waals surface area contributed by atoms with E-state index in [1.165, 1.54) is 10.6 Å². The third kappa shape index (κ3) is 3.13. The van der Waals surface area contributed by atoms with Gasteiger partial charge in [0.05, 0.1) is 0 Å². The van der Waals surface area contributed by atoms with E-state index < -0.39 is 0 Å². The van der Waals surface area contributed by atoms with Crippen molar-refractivity contribution in [2.45, 2.75) is 0 Å². The summed E-state index contributed by atoms with van der Waals surface area (Å²) in [6, 6.07) is 21.4. The van der Waals surface area contributed by atoms with Gasteiger partial charge in [0, 0.05) is 0 Å². The highest BCUT2D eigenvalue weighted by atomic mass is 31.1. The van der Waals surface area contributed by atoms with E-state index in [4.69, 9.17) is 0 Å². The number of hydrogen-bond donors (Lipinski definition) is 0. The second-order valence-corrected chi connectivity index (χ2v) is 5.38. The fraction of sp³-hybridized carbons (Fsp3) is 0.0769. The second kappa shape index (κ2) is 6.01. The molecule has 0 aliphatic heterocycles. The molecule has 0 aromatic heterocycles. The maximum Gasteiger partial charge on any atom is -0.0198 e. The zero-order valence-electron chi connectivity index (χ0n) is 8.93. The lowest BCUT2D eigenvalue weighted by atomic mass is 10.4. The second-order valence-electron chi connectivity index (χ2n) is 3.23. The molecular weight excluding hydrogens is 218 g/mol. The Labute approximate surface area is 96.1 Å². The largest absolute Gasteiger partial charge is 0.153 e. The van der Waals surface area contributed by atoms with Crippen molar-refractivity contribution in [2.75, 3.05) is 6.66 Å². The summed E-state index contributed by atoms with van der Waals surface area (Å²) in [7, 11) is -0.171. The normalized spacial score (nSPS) is 9.73. The lowest BCUT2D eigenvalue weighted by molar-refractivity contribution is 1.75. The topological polar surface area (TPSA) is 0 Å². The first-order chi connectivity index (χ1) is 6.88. The molecule has 0 saturated carbocycles. The van der Waals surface area contributed by atoms with Crippen LogP contribution in [0.4, 0.5) is 0 Å². The molecule has 1 unspecified atom stereocenters. The van der Waals surface area contributed by atoms with Crippen LogP contribution in [0.25, 0.3) is 0 Å². The first-order valence-corrected chi connectivity index (χ1v) is 6.50. The zero-order chi connectivity index (χ0) is 9.80. The highest BCUT2D eigenvalue weighted by Crippen LogP contribution is 2.27. The van der Waals surface area contributed by atoms with Gasteiger partial charge in [0.15, 0.2) is 0 Å². The lowest BCUT2D eigenvalue weighted by Crippen LogP contribution is -2.09. The molecule has 0 nitrogen and oxygen atoms in total. The molecule has 0 N–H and O–H groups in total. The van der Waals surface area contributed by atoms with Crippen LogP contribution >= 0.6 is 17.8 Å². The van der Waals surface area contributed by atoms with Gasteiger partial charge in [-0.1, -0.05) is 60.7 Å². The molecule has 0 heterocycles. The van der Waals surface area contributed by atoms with E-state index in [9.17, 15) is 0 Å². The summed E-state index contributed by atoms with van der Waals surface area (Å²) in [6.07, 6.45) is 0. The SMILES string of the molecule is CP(c1ccccc1)c1ccccc1.P. The summed E-state index contributed by atoms with van der Waals surface area (Å²) < 4.78 is 0. The molecule has 0 aliphatic rings. The Morgan fingerprint density at radius 2 is 1.00 bits per heavy atom. The van der Waals surface area contributed by atoms with Crippen molar-refractivity contribution in [1.29, 1.82) is 0 Å². The minimum atomic E-state index is -0.171. The van der Waals surface area contributed by atoms with Gasteiger partial charge in [0.1, 0.15) is 0 Å². The number of hydrogen-bond acceptors (Lipinski definition) is 0. The summed E-state index contributed by atoms with van der Waals surface area (Å²) in [6.45, 7) is 2.31. The van der Waals surface area contributed by atoms with Crippen molar-refractivity contribution >= 4 is 28.4 Å². The minimum absolute atomic E-state index is 0. The Hall–Kier alpha value is -0.700. The van der Waals surface area contributed by atoms with Gasteiger partial charge in [-0.05, 0) is 25.2 Å². The first kappa shape index (κ1) is 12.4. The van der Waals surface area contributed by atoms with Gasteiger partial charge in [-0.3, -0.25) is 0 Å². The van der Waals surface area contributed by atoms with Crippen LogP contribution in [-0.2, 0) is 0 Å². The molecule has 1 atom stereocenters. The smallest absolute Gasteiger partial charge is 0.0198 e. The van der Waals surface area contributed by atoms with E-state index in [1.54, 1.807) is 0 Å². The lowest BCUT2D eigenvalue weighted by Gasteiger charge is -2.12. The summed E-state index contributed by atoms with van der Waals surface area (Å²) >= 11 is 0. The Balaban J connectivity index is 0.00000112. The molecule has 0 aliphatic carbocycles. The van der Waals surface area contributed by atoms with Crippen LogP contribution in [0.2, 0.25) is 0 Å². The number of benzene rings is 2. The summed E-state index contributed by atoms with van der Waals surface area (Å²) in [4.78, 5) is 0. The Morgan fingerprint density at radius 1 is 0.667 bits per heavy atom. The van der Waals surface area contributed by atoms with E-state index >= 15 is 0 Å². The molecule has 0 bridgehead atoms. The fourth-order valence-electron chi connectivity index (χ4n) is 1.45. The molecule has 2 aromatic rings. The molecule has 2 heteroatoms. The van der Waals surface area contributed by atoms with E-state index in [-0.39, 0.29) is 17.8 Å². The monoisotopic (exact) mass is 234 g/mol. The highest BCUT2D eigenvalue weighted by Gasteiger charge is 2.05. The molecule has 2 rings (SSSR count). The zero-order valence-corrected chi connectivity index (χ0v) is 11.2. The molecule has 0 amide bonds. The van der Waals surface area contributed by atoms with Crippen molar-refractivity contribution in [2.24, 2.45) is 0 Å². The van der Waals surface area contributed by atoms with Crippen molar-refractivity contribution in [3.63, 3.8) is 0 Å². The van der Waals surface area contributed by atoms with Crippen LogP contribution in [0.1, 0.15) is 0 Å². The van der Waals surface area contributed by atoms with E-state index in [2.05, 4.69) is 67.3 Å². The Kier molecular flexibility index (Phi) is 4.95. The first-order valence-electron chi connectivity index (χ1n) is 4.72. The summed E-state index contributed by atoms with van der Waals surface area (Å²) in [5.74, 6) is 0. The van der Waals surface area contributed by atoms with Gasteiger partial charge in [-0.25, -0.2) is 0 Å². The molecular formula is C13H16P2. The van der Waals surface area contributed by atoms with Gasteiger partial charge in [0.25, 0.3) is 0 Å². The van der Waals surface area contributed by atoms with Crippen LogP contribution in [0, 0.1) is 0 Å². The average Bonchev–Trinajstić information content (AvgIpc) is 2.30. The fourth-order valence-corrected chi connectivity index (χ4v) is 2.99. The standard InChI is InChI=1S/C13H13P.H3P/c1-14(12-8-4-2-5-9-12)13-10-6-3-7-11-13;/h2-11H,1H3;1H3. The van der Waals surface area contributed by atoms with Crippen molar-refractivity contribution < 1.29 is 0 Å². The molecule has 78 valence electrons. The predicted molar refractivity (Wildman–Crippen MR) is 76.1 cm³/mol. The number of rotatable bonds is 2. The third-order valence-corrected chi connectivity index (χ3v) is 4.43. The van der Waals surface area contributed by atoms with E-state index in [1.807, 2.05) is 0 Å². The van der Waals surface area contributed by atoms with Gasteiger partial charge < -0.3 is 0 Å². The molecule has 0 radical (unpaired) electrons. The van der Waals surface area contributed by atoms with Gasteiger partial charge in [-0.15, -0.1) is 0 Å². The van der Waals surface area contributed by atoms with Crippen LogP contribution in [0.3, 0.4) is 0 Å². The van der Waals surface area contributed by atoms with Gasteiger partial charge >= 0.3 is 0 Å². The molecule has 0 fully saturated rings. The molecule has 0 saturated heterocycles. The Morgan fingerprint density at radius 3 is 1.33 bits per heavy atom. The van der Waals surface area contributed by atoms with Gasteiger partial charge in [-0.2, -0.15) is 9.90 Å². The summed E-state index contributed by atoms with van der Waals surface area (Å²) in [5, 5.41) is 2.88. The maximum atomic E-state index is 2.31. The van der Waals surface area contributed by atoms with Gasteiger partial charge in [0.2, 0.25) is 0 Å². The van der Waals surface area contributed by atoms with Crippen LogP contribution in [0.15, 0.2) is 60.7 Å². The molecule has 15 heavy (non-hydrogen) atoms. The van der Waals surface area contributed by atoms with Crippen molar-refractivity contribution in [1.82, 2.24) is 0 Å². The van der Waals surface area contributed by atoms with E-state index in [0.717, 1.165) is 0 Å². The quantitative estimate of drug-likeness (QED) is 0.701. The van der Waals surface area contributed by atoms with Crippen LogP contribution < -0.4 is 10.6 Å². The maximum absolute atomic E-state index is 2.31. The van der Waals surface area contributed by atoms with Crippen molar-refractivity contribution in [3.05, 3.63) is 60.7 Å². The predicted octanol–water partition coefficient (Wildman–Crippen LogP) is 2.81. The van der Waals surface area contributed by atoms with Crippen LogP contribution in [0.5, 0.6) is 0 Å². The minimum Gasteiger partial charge on any atom is -0.153 e. The van der Waals surface area contributed by atoms with Crippen molar-refractivity contribution in [3.8, 4) is 0 Å². The molecule has 2 aromatic carbocycles.